The molecule has 0 aliphatic rings. The summed E-state index contributed by atoms with van der Waals surface area (Å²) in [5.41, 5.74) is 0. The molecule has 0 rings (SSSR count). The van der Waals surface area contributed by atoms with Crippen molar-refractivity contribution in [2.75, 3.05) is 0 Å². The monoisotopic (exact) mass is 131 g/mol. The molecule has 0 aromatic rings. The number of rotatable bonds is 2. The molecule has 0 heterocycles. The highest BCUT2D eigenvalue weighted by atomic mass is 19.1. The highest BCUT2D eigenvalue weighted by molar-refractivity contribution is 5.87. The molecular weight excluding hydrogens is 121 g/mol. The van der Waals surface area contributed by atoms with Gasteiger partial charge in [-0.3, -0.25) is 4.79 Å². The third kappa shape index (κ3) is 5.00. The molecule has 0 saturated carbocycles. The Bertz CT molecular complexity index is 120. The predicted octanol–water partition coefficient (Wildman–Crippen LogP) is 0.994. The van der Waals surface area contributed by atoms with Gasteiger partial charge in [0.15, 0.2) is 0 Å². The Morgan fingerprint density at radius 1 is 1.67 bits per heavy atom. The SMILES string of the molecule is CC(C)NC(=O)/C=C\F. The zero-order chi connectivity index (χ0) is 7.28. The van der Waals surface area contributed by atoms with Gasteiger partial charge in [-0.2, -0.15) is 0 Å². The smallest absolute Gasteiger partial charge is 0.246 e. The van der Waals surface area contributed by atoms with Crippen LogP contribution >= 0.6 is 0 Å². The molecule has 0 aromatic heterocycles. The first-order chi connectivity index (χ1) is 4.16. The molecule has 3 heteroatoms. The number of amides is 1. The molecule has 0 radical (unpaired) electrons. The van der Waals surface area contributed by atoms with Crippen LogP contribution < -0.4 is 5.32 Å². The Kier molecular flexibility index (Phi) is 3.67. The normalized spacial score (nSPS) is 10.7. The van der Waals surface area contributed by atoms with E-state index in [4.69, 9.17) is 0 Å². The van der Waals surface area contributed by atoms with Crippen LogP contribution in [0.4, 0.5) is 4.39 Å². The fourth-order valence-electron chi connectivity index (χ4n) is 0.390. The van der Waals surface area contributed by atoms with E-state index in [1.165, 1.54) is 0 Å². The molecule has 0 saturated heterocycles. The molecule has 52 valence electrons. The number of hydrogen-bond donors (Lipinski definition) is 1. The van der Waals surface area contributed by atoms with Crippen molar-refractivity contribution >= 4 is 5.91 Å². The Labute approximate surface area is 53.8 Å². The van der Waals surface area contributed by atoms with E-state index in [-0.39, 0.29) is 12.4 Å². The fourth-order valence-corrected chi connectivity index (χ4v) is 0.390. The lowest BCUT2D eigenvalue weighted by Gasteiger charge is -2.02. The van der Waals surface area contributed by atoms with Crippen molar-refractivity contribution in [2.24, 2.45) is 0 Å². The van der Waals surface area contributed by atoms with E-state index in [2.05, 4.69) is 5.32 Å². The second-order valence-corrected chi connectivity index (χ2v) is 1.96. The van der Waals surface area contributed by atoms with Crippen LogP contribution in [0, 0.1) is 0 Å². The van der Waals surface area contributed by atoms with Gasteiger partial charge in [-0.1, -0.05) is 0 Å². The van der Waals surface area contributed by atoms with Crippen molar-refractivity contribution in [3.8, 4) is 0 Å². The van der Waals surface area contributed by atoms with Gasteiger partial charge in [0.2, 0.25) is 5.91 Å². The Balaban J connectivity index is 3.51. The minimum absolute atomic E-state index is 0.0636. The van der Waals surface area contributed by atoms with Crippen molar-refractivity contribution in [1.82, 2.24) is 5.32 Å². The first kappa shape index (κ1) is 8.14. The summed E-state index contributed by atoms with van der Waals surface area (Å²) >= 11 is 0. The van der Waals surface area contributed by atoms with Gasteiger partial charge in [0, 0.05) is 12.1 Å². The van der Waals surface area contributed by atoms with Crippen LogP contribution in [-0.2, 0) is 4.79 Å². The number of carbonyl (C=O) groups excluding carboxylic acids is 1. The standard InChI is InChI=1S/C6H10FNO/c1-5(2)8-6(9)3-4-7/h3-5H,1-2H3,(H,8,9)/b4-3-. The van der Waals surface area contributed by atoms with Crippen LogP contribution in [0.5, 0.6) is 0 Å². The topological polar surface area (TPSA) is 29.1 Å². The van der Waals surface area contributed by atoms with Gasteiger partial charge in [-0.25, -0.2) is 4.39 Å². The third-order valence-corrected chi connectivity index (χ3v) is 0.645. The number of hydrogen-bond acceptors (Lipinski definition) is 1. The highest BCUT2D eigenvalue weighted by Gasteiger charge is 1.95. The Morgan fingerprint density at radius 2 is 2.22 bits per heavy atom. The fraction of sp³-hybridized carbons (Fsp3) is 0.500. The molecule has 0 bridgehead atoms. The lowest BCUT2D eigenvalue weighted by Crippen LogP contribution is -2.28. The van der Waals surface area contributed by atoms with Gasteiger partial charge in [0.25, 0.3) is 0 Å². The third-order valence-electron chi connectivity index (χ3n) is 0.645. The van der Waals surface area contributed by atoms with Gasteiger partial charge < -0.3 is 5.32 Å². The van der Waals surface area contributed by atoms with Crippen LogP contribution in [0.15, 0.2) is 12.4 Å². The number of nitrogens with one attached hydrogen (secondary N) is 1. The average molecular weight is 131 g/mol. The van der Waals surface area contributed by atoms with Gasteiger partial charge >= 0.3 is 0 Å². The minimum Gasteiger partial charge on any atom is -0.350 e. The van der Waals surface area contributed by atoms with E-state index < -0.39 is 5.91 Å². The Hall–Kier alpha value is -0.860. The van der Waals surface area contributed by atoms with E-state index >= 15 is 0 Å². The van der Waals surface area contributed by atoms with Crippen molar-refractivity contribution < 1.29 is 9.18 Å². The molecule has 0 unspecified atom stereocenters. The maximum atomic E-state index is 11.3. The van der Waals surface area contributed by atoms with Gasteiger partial charge in [0.1, 0.15) is 0 Å². The van der Waals surface area contributed by atoms with Crippen molar-refractivity contribution in [1.29, 1.82) is 0 Å². The predicted molar refractivity (Wildman–Crippen MR) is 33.5 cm³/mol. The van der Waals surface area contributed by atoms with Crippen LogP contribution in [0.25, 0.3) is 0 Å². The summed E-state index contributed by atoms with van der Waals surface area (Å²) in [6, 6.07) is 0.0636. The minimum atomic E-state index is -0.396. The molecule has 2 nitrogen and oxygen atoms in total. The van der Waals surface area contributed by atoms with Crippen LogP contribution in [-0.4, -0.2) is 11.9 Å². The first-order valence-corrected chi connectivity index (χ1v) is 2.74. The van der Waals surface area contributed by atoms with E-state index in [9.17, 15) is 9.18 Å². The van der Waals surface area contributed by atoms with Gasteiger partial charge in [0.05, 0.1) is 6.33 Å². The van der Waals surface area contributed by atoms with Gasteiger partial charge in [-0.05, 0) is 13.8 Å². The second-order valence-electron chi connectivity index (χ2n) is 1.96. The average Bonchev–Trinajstić information content (AvgIpc) is 1.63. The molecule has 1 N–H and O–H groups in total. The molecule has 0 aliphatic heterocycles. The summed E-state index contributed by atoms with van der Waals surface area (Å²) in [5.74, 6) is -0.396. The summed E-state index contributed by atoms with van der Waals surface area (Å²) in [4.78, 5) is 10.4. The summed E-state index contributed by atoms with van der Waals surface area (Å²) in [7, 11) is 0. The van der Waals surface area contributed by atoms with Crippen molar-refractivity contribution in [2.45, 2.75) is 19.9 Å². The maximum Gasteiger partial charge on any atom is 0.246 e. The van der Waals surface area contributed by atoms with Gasteiger partial charge in [-0.15, -0.1) is 0 Å². The lowest BCUT2D eigenvalue weighted by molar-refractivity contribution is -0.117. The van der Waals surface area contributed by atoms with Crippen molar-refractivity contribution in [3.05, 3.63) is 12.4 Å². The largest absolute Gasteiger partial charge is 0.350 e. The quantitative estimate of drug-likeness (QED) is 0.556. The molecule has 0 fully saturated rings. The number of carbonyl (C=O) groups is 1. The summed E-state index contributed by atoms with van der Waals surface area (Å²) in [6.45, 7) is 3.62. The summed E-state index contributed by atoms with van der Waals surface area (Å²) in [6.07, 6.45) is 1.07. The zero-order valence-corrected chi connectivity index (χ0v) is 5.52. The second kappa shape index (κ2) is 4.06. The van der Waals surface area contributed by atoms with E-state index in [0.29, 0.717) is 0 Å². The first-order valence-electron chi connectivity index (χ1n) is 2.74. The highest BCUT2D eigenvalue weighted by Crippen LogP contribution is 1.78. The Morgan fingerprint density at radius 3 is 2.56 bits per heavy atom. The molecule has 9 heavy (non-hydrogen) atoms. The maximum absolute atomic E-state index is 11.3. The summed E-state index contributed by atoms with van der Waals surface area (Å²) in [5, 5.41) is 2.48. The van der Waals surface area contributed by atoms with Crippen LogP contribution in [0.2, 0.25) is 0 Å². The van der Waals surface area contributed by atoms with Crippen LogP contribution in [0.3, 0.4) is 0 Å². The van der Waals surface area contributed by atoms with Crippen molar-refractivity contribution in [3.63, 3.8) is 0 Å². The van der Waals surface area contributed by atoms with Crippen LogP contribution in [0.1, 0.15) is 13.8 Å². The molecular formula is C6H10FNO. The van der Waals surface area contributed by atoms with E-state index in [1.807, 2.05) is 13.8 Å². The zero-order valence-electron chi connectivity index (χ0n) is 5.52. The summed E-state index contributed by atoms with van der Waals surface area (Å²) < 4.78 is 11.3. The number of halogens is 1. The lowest BCUT2D eigenvalue weighted by atomic mass is 10.4. The molecule has 0 spiro atoms. The molecule has 0 atom stereocenters. The van der Waals surface area contributed by atoms with E-state index in [0.717, 1.165) is 6.08 Å². The van der Waals surface area contributed by atoms with E-state index in [1.54, 1.807) is 0 Å². The molecule has 0 aliphatic carbocycles. The molecule has 1 amide bonds. The molecule has 0 aromatic carbocycles.